The number of aromatic nitrogens is 2. The van der Waals surface area contributed by atoms with Gasteiger partial charge in [-0.2, -0.15) is 0 Å². The summed E-state index contributed by atoms with van der Waals surface area (Å²) >= 11 is 0. The number of anilines is 2. The summed E-state index contributed by atoms with van der Waals surface area (Å²) in [5.74, 6) is 0.803. The van der Waals surface area contributed by atoms with Gasteiger partial charge in [0.15, 0.2) is 0 Å². The van der Waals surface area contributed by atoms with Gasteiger partial charge in [0, 0.05) is 0 Å². The second-order valence-electron chi connectivity index (χ2n) is 2.55. The van der Waals surface area contributed by atoms with Crippen LogP contribution in [0.1, 0.15) is 0 Å². The average molecular weight is 184 g/mol. The first kappa shape index (κ1) is 9.69. The van der Waals surface area contributed by atoms with Crippen LogP contribution in [0.4, 0.5) is 11.6 Å². The molecular formula is C7H12N4O2. The summed E-state index contributed by atoms with van der Waals surface area (Å²) in [7, 11) is 0. The summed E-state index contributed by atoms with van der Waals surface area (Å²) in [4.78, 5) is 0. The molecule has 6 heteroatoms. The fraction of sp³-hybridized carbons (Fsp3) is 0.429. The van der Waals surface area contributed by atoms with E-state index in [2.05, 4.69) is 15.5 Å². The van der Waals surface area contributed by atoms with Gasteiger partial charge in [-0.25, -0.2) is 0 Å². The van der Waals surface area contributed by atoms with Gasteiger partial charge >= 0.3 is 0 Å². The Balaban J connectivity index is 2.58. The van der Waals surface area contributed by atoms with Crippen molar-refractivity contribution >= 4 is 11.6 Å². The quantitative estimate of drug-likeness (QED) is 0.469. The number of nitrogen functional groups attached to an aromatic ring is 1. The molecule has 0 saturated heterocycles. The molecule has 0 amide bonds. The van der Waals surface area contributed by atoms with E-state index in [0.717, 1.165) is 0 Å². The average Bonchev–Trinajstić information content (AvgIpc) is 2.17. The molecule has 72 valence electrons. The summed E-state index contributed by atoms with van der Waals surface area (Å²) < 4.78 is 0. The molecule has 0 aromatic carbocycles. The van der Waals surface area contributed by atoms with Crippen LogP contribution in [0.3, 0.4) is 0 Å². The van der Waals surface area contributed by atoms with E-state index in [9.17, 15) is 0 Å². The fourth-order valence-electron chi connectivity index (χ4n) is 0.778. The van der Waals surface area contributed by atoms with Gasteiger partial charge in [-0.05, 0) is 12.1 Å². The van der Waals surface area contributed by atoms with Gasteiger partial charge in [0.25, 0.3) is 0 Å². The van der Waals surface area contributed by atoms with Gasteiger partial charge in [0.2, 0.25) is 0 Å². The molecule has 1 heterocycles. The van der Waals surface area contributed by atoms with Gasteiger partial charge in [-0.1, -0.05) is 0 Å². The molecule has 1 rings (SSSR count). The second kappa shape index (κ2) is 4.58. The van der Waals surface area contributed by atoms with Gasteiger partial charge in [-0.15, -0.1) is 10.2 Å². The number of rotatable bonds is 4. The normalized spacial score (nSPS) is 10.4. The number of aliphatic hydroxyl groups excluding tert-OH is 2. The molecule has 0 bridgehead atoms. The SMILES string of the molecule is Nc1ccc(NC(CO)CO)nn1. The minimum atomic E-state index is -0.419. The highest BCUT2D eigenvalue weighted by atomic mass is 16.3. The number of aliphatic hydroxyl groups is 2. The van der Waals surface area contributed by atoms with E-state index < -0.39 is 6.04 Å². The van der Waals surface area contributed by atoms with E-state index in [1.807, 2.05) is 0 Å². The predicted octanol–water partition coefficient (Wildman–Crippen LogP) is -1.18. The lowest BCUT2D eigenvalue weighted by Gasteiger charge is -2.12. The smallest absolute Gasteiger partial charge is 0.149 e. The van der Waals surface area contributed by atoms with E-state index in [-0.39, 0.29) is 13.2 Å². The van der Waals surface area contributed by atoms with Crippen LogP contribution in [0.2, 0.25) is 0 Å². The highest BCUT2D eigenvalue weighted by Gasteiger charge is 2.05. The van der Waals surface area contributed by atoms with Crippen molar-refractivity contribution in [3.8, 4) is 0 Å². The molecule has 6 nitrogen and oxygen atoms in total. The van der Waals surface area contributed by atoms with E-state index >= 15 is 0 Å². The highest BCUT2D eigenvalue weighted by Crippen LogP contribution is 2.03. The van der Waals surface area contributed by atoms with Crippen LogP contribution in [0.25, 0.3) is 0 Å². The molecule has 0 spiro atoms. The van der Waals surface area contributed by atoms with Crippen LogP contribution in [0, 0.1) is 0 Å². The fourth-order valence-corrected chi connectivity index (χ4v) is 0.778. The topological polar surface area (TPSA) is 104 Å². The summed E-state index contributed by atoms with van der Waals surface area (Å²) in [6.45, 7) is -0.328. The maximum Gasteiger partial charge on any atom is 0.149 e. The third kappa shape index (κ3) is 2.85. The number of nitrogens with two attached hydrogens (primary N) is 1. The van der Waals surface area contributed by atoms with E-state index in [4.69, 9.17) is 15.9 Å². The van der Waals surface area contributed by atoms with Crippen LogP contribution in [-0.2, 0) is 0 Å². The lowest BCUT2D eigenvalue weighted by atomic mass is 10.3. The van der Waals surface area contributed by atoms with Crippen LogP contribution in [0.5, 0.6) is 0 Å². The number of hydrogen-bond donors (Lipinski definition) is 4. The molecule has 1 aromatic rings. The Morgan fingerprint density at radius 1 is 1.31 bits per heavy atom. The molecule has 0 aliphatic rings. The van der Waals surface area contributed by atoms with Crippen LogP contribution >= 0.6 is 0 Å². The van der Waals surface area contributed by atoms with Crippen molar-refractivity contribution in [2.75, 3.05) is 24.3 Å². The zero-order valence-corrected chi connectivity index (χ0v) is 7.01. The Kier molecular flexibility index (Phi) is 3.41. The van der Waals surface area contributed by atoms with Gasteiger partial charge in [0.05, 0.1) is 19.3 Å². The lowest BCUT2D eigenvalue weighted by molar-refractivity contribution is 0.203. The summed E-state index contributed by atoms with van der Waals surface area (Å²) in [6, 6.07) is 2.79. The number of nitrogens with one attached hydrogen (secondary N) is 1. The van der Waals surface area contributed by atoms with Crippen LogP contribution < -0.4 is 11.1 Å². The minimum absolute atomic E-state index is 0.164. The van der Waals surface area contributed by atoms with Crippen molar-refractivity contribution in [3.63, 3.8) is 0 Å². The standard InChI is InChI=1S/C7H12N4O2/c8-6-1-2-7(11-10-6)9-5(3-12)4-13/h1-2,5,12-13H,3-4H2,(H2,8,10)(H,9,11). The van der Waals surface area contributed by atoms with Gasteiger partial charge in [0.1, 0.15) is 11.6 Å². The molecule has 0 radical (unpaired) electrons. The van der Waals surface area contributed by atoms with E-state index in [0.29, 0.717) is 11.6 Å². The first-order chi connectivity index (χ1) is 6.26. The Bertz CT molecular complexity index is 247. The van der Waals surface area contributed by atoms with Crippen molar-refractivity contribution in [2.45, 2.75) is 6.04 Å². The molecule has 0 unspecified atom stereocenters. The number of hydrogen-bond acceptors (Lipinski definition) is 6. The third-order valence-electron chi connectivity index (χ3n) is 1.48. The maximum absolute atomic E-state index is 8.75. The largest absolute Gasteiger partial charge is 0.394 e. The van der Waals surface area contributed by atoms with Crippen LogP contribution in [0.15, 0.2) is 12.1 Å². The molecule has 0 atom stereocenters. The minimum Gasteiger partial charge on any atom is -0.394 e. The third-order valence-corrected chi connectivity index (χ3v) is 1.48. The first-order valence-electron chi connectivity index (χ1n) is 3.83. The molecule has 0 saturated carbocycles. The van der Waals surface area contributed by atoms with Crippen molar-refractivity contribution in [2.24, 2.45) is 0 Å². The summed E-state index contributed by atoms with van der Waals surface area (Å²) in [5.41, 5.74) is 5.32. The van der Waals surface area contributed by atoms with Crippen molar-refractivity contribution in [1.29, 1.82) is 0 Å². The Labute approximate surface area is 75.4 Å². The van der Waals surface area contributed by atoms with Gasteiger partial charge < -0.3 is 21.3 Å². The Morgan fingerprint density at radius 2 is 2.00 bits per heavy atom. The lowest BCUT2D eigenvalue weighted by Crippen LogP contribution is -2.28. The molecule has 1 aromatic heterocycles. The van der Waals surface area contributed by atoms with E-state index in [1.54, 1.807) is 12.1 Å². The van der Waals surface area contributed by atoms with Gasteiger partial charge in [-0.3, -0.25) is 0 Å². The summed E-state index contributed by atoms with van der Waals surface area (Å²) in [6.07, 6.45) is 0. The zero-order chi connectivity index (χ0) is 9.68. The Morgan fingerprint density at radius 3 is 2.46 bits per heavy atom. The maximum atomic E-state index is 8.75. The van der Waals surface area contributed by atoms with Crippen LogP contribution in [-0.4, -0.2) is 39.7 Å². The predicted molar refractivity (Wildman–Crippen MR) is 48.0 cm³/mol. The summed E-state index contributed by atoms with van der Waals surface area (Å²) in [5, 5.41) is 27.6. The van der Waals surface area contributed by atoms with E-state index in [1.165, 1.54) is 0 Å². The molecule has 13 heavy (non-hydrogen) atoms. The molecule has 0 aliphatic heterocycles. The number of nitrogens with zero attached hydrogens (tertiary/aromatic N) is 2. The first-order valence-corrected chi connectivity index (χ1v) is 3.83. The van der Waals surface area contributed by atoms with Crippen molar-refractivity contribution < 1.29 is 10.2 Å². The monoisotopic (exact) mass is 184 g/mol. The zero-order valence-electron chi connectivity index (χ0n) is 7.01. The second-order valence-corrected chi connectivity index (χ2v) is 2.55. The molecule has 0 fully saturated rings. The Hall–Kier alpha value is -1.40. The van der Waals surface area contributed by atoms with Crippen molar-refractivity contribution in [3.05, 3.63) is 12.1 Å². The molecule has 5 N–H and O–H groups in total. The molecular weight excluding hydrogens is 172 g/mol. The molecule has 0 aliphatic carbocycles. The van der Waals surface area contributed by atoms with Crippen molar-refractivity contribution in [1.82, 2.24) is 10.2 Å². The highest BCUT2D eigenvalue weighted by molar-refractivity contribution is 5.39.